The summed E-state index contributed by atoms with van der Waals surface area (Å²) in [5.41, 5.74) is 2.01. The second-order valence-corrected chi connectivity index (χ2v) is 4.96. The van der Waals surface area contributed by atoms with Crippen molar-refractivity contribution >= 4 is 29.1 Å². The number of amides is 2. The van der Waals surface area contributed by atoms with Crippen LogP contribution in [0.3, 0.4) is 0 Å². The zero-order chi connectivity index (χ0) is 15.2. The number of hydrogen-bond donors (Lipinski definition) is 2. The van der Waals surface area contributed by atoms with Crippen LogP contribution in [0.5, 0.6) is 0 Å². The van der Waals surface area contributed by atoms with E-state index in [9.17, 15) is 9.59 Å². The summed E-state index contributed by atoms with van der Waals surface area (Å²) in [5.74, 6) is -0.488. The Morgan fingerprint density at radius 1 is 1.29 bits per heavy atom. The number of hydrogen-bond acceptors (Lipinski definition) is 3. The summed E-state index contributed by atoms with van der Waals surface area (Å²) < 4.78 is 4.81. The Hall–Kier alpha value is -2.27. The van der Waals surface area contributed by atoms with Crippen LogP contribution in [0.25, 0.3) is 0 Å². The van der Waals surface area contributed by atoms with Crippen LogP contribution in [0, 0.1) is 6.92 Å². The van der Waals surface area contributed by atoms with Gasteiger partial charge in [-0.25, -0.2) is 0 Å². The summed E-state index contributed by atoms with van der Waals surface area (Å²) in [4.78, 5) is 23.4. The second-order valence-electron chi connectivity index (χ2n) is 4.55. The van der Waals surface area contributed by atoms with Gasteiger partial charge >= 0.3 is 0 Å². The van der Waals surface area contributed by atoms with Crippen LogP contribution in [-0.4, -0.2) is 18.4 Å². The van der Waals surface area contributed by atoms with E-state index in [1.165, 1.54) is 12.5 Å². The molecule has 2 rings (SSSR count). The lowest BCUT2D eigenvalue weighted by molar-refractivity contribution is -0.116. The smallest absolute Gasteiger partial charge is 0.254 e. The lowest BCUT2D eigenvalue weighted by Gasteiger charge is -2.08. The number of nitrogens with one attached hydrogen (secondary N) is 2. The Morgan fingerprint density at radius 2 is 2.10 bits per heavy atom. The van der Waals surface area contributed by atoms with Gasteiger partial charge in [-0.05, 0) is 30.7 Å². The number of furan rings is 1. The third-order valence-corrected chi connectivity index (χ3v) is 3.13. The fraction of sp³-hybridized carbons (Fsp3) is 0.200. The molecule has 1 heterocycles. The summed E-state index contributed by atoms with van der Waals surface area (Å²) in [6.07, 6.45) is 2.93. The number of rotatable bonds is 5. The van der Waals surface area contributed by atoms with Gasteiger partial charge in [0.25, 0.3) is 5.91 Å². The molecule has 0 bridgehead atoms. The van der Waals surface area contributed by atoms with Crippen molar-refractivity contribution in [2.45, 2.75) is 13.3 Å². The largest absolute Gasteiger partial charge is 0.472 e. The molecule has 6 heteroatoms. The van der Waals surface area contributed by atoms with Crippen molar-refractivity contribution < 1.29 is 14.0 Å². The molecule has 0 saturated carbocycles. The van der Waals surface area contributed by atoms with Gasteiger partial charge in [0.05, 0.1) is 22.5 Å². The first kappa shape index (κ1) is 15.1. The fourth-order valence-corrected chi connectivity index (χ4v) is 2.00. The van der Waals surface area contributed by atoms with Crippen LogP contribution >= 0.6 is 11.6 Å². The topological polar surface area (TPSA) is 71.3 Å². The van der Waals surface area contributed by atoms with E-state index in [0.717, 1.165) is 5.56 Å². The highest BCUT2D eigenvalue weighted by atomic mass is 35.5. The van der Waals surface area contributed by atoms with Crippen molar-refractivity contribution in [3.8, 4) is 0 Å². The zero-order valence-corrected chi connectivity index (χ0v) is 12.2. The standard InChI is InChI=1S/C15H15ClN2O3/c1-10-2-3-13(12(16)8-10)18-14(19)4-6-17-15(20)11-5-7-21-9-11/h2-3,5,7-9H,4,6H2,1H3,(H,17,20)(H,18,19). The van der Waals surface area contributed by atoms with E-state index in [-0.39, 0.29) is 24.8 Å². The Kier molecular flexibility index (Phi) is 5.00. The molecule has 0 aliphatic rings. The molecule has 0 aliphatic heterocycles. The molecule has 110 valence electrons. The first-order chi connectivity index (χ1) is 10.1. The van der Waals surface area contributed by atoms with E-state index in [2.05, 4.69) is 10.6 Å². The Morgan fingerprint density at radius 3 is 2.76 bits per heavy atom. The molecular formula is C15H15ClN2O3. The van der Waals surface area contributed by atoms with E-state index >= 15 is 0 Å². The van der Waals surface area contributed by atoms with Crippen molar-refractivity contribution in [2.75, 3.05) is 11.9 Å². The molecule has 0 spiro atoms. The molecule has 0 radical (unpaired) electrons. The highest BCUT2D eigenvalue weighted by molar-refractivity contribution is 6.33. The second kappa shape index (κ2) is 6.95. The number of carbonyl (C=O) groups is 2. The normalized spacial score (nSPS) is 10.2. The molecule has 1 aromatic carbocycles. The number of halogens is 1. The van der Waals surface area contributed by atoms with Gasteiger partial charge in [-0.1, -0.05) is 17.7 Å². The summed E-state index contributed by atoms with van der Waals surface area (Å²) >= 11 is 6.03. The van der Waals surface area contributed by atoms with Crippen LogP contribution in [0.4, 0.5) is 5.69 Å². The van der Waals surface area contributed by atoms with Gasteiger partial charge in [-0.2, -0.15) is 0 Å². The molecular weight excluding hydrogens is 292 g/mol. The van der Waals surface area contributed by atoms with Gasteiger partial charge in [0.1, 0.15) is 6.26 Å². The van der Waals surface area contributed by atoms with Gasteiger partial charge in [-0.3, -0.25) is 9.59 Å². The molecule has 0 unspecified atom stereocenters. The number of carbonyl (C=O) groups excluding carboxylic acids is 2. The summed E-state index contributed by atoms with van der Waals surface area (Å²) in [7, 11) is 0. The number of aryl methyl sites for hydroxylation is 1. The Bertz CT molecular complexity index is 638. The van der Waals surface area contributed by atoms with Crippen molar-refractivity contribution in [1.29, 1.82) is 0 Å². The Balaban J connectivity index is 1.78. The maximum Gasteiger partial charge on any atom is 0.254 e. The maximum atomic E-state index is 11.8. The molecule has 2 amide bonds. The lowest BCUT2D eigenvalue weighted by Crippen LogP contribution is -2.27. The van der Waals surface area contributed by atoms with E-state index in [4.69, 9.17) is 16.0 Å². The summed E-state index contributed by atoms with van der Waals surface area (Å²) in [6.45, 7) is 2.15. The summed E-state index contributed by atoms with van der Waals surface area (Å²) in [6, 6.07) is 6.95. The van der Waals surface area contributed by atoms with Gasteiger partial charge < -0.3 is 15.1 Å². The Labute approximate surface area is 127 Å². The van der Waals surface area contributed by atoms with E-state index < -0.39 is 0 Å². The maximum absolute atomic E-state index is 11.8. The molecule has 2 aromatic rings. The SMILES string of the molecule is Cc1ccc(NC(=O)CCNC(=O)c2ccoc2)c(Cl)c1. The predicted octanol–water partition coefficient (Wildman–Crippen LogP) is 3.00. The zero-order valence-electron chi connectivity index (χ0n) is 11.5. The average molecular weight is 307 g/mol. The molecule has 1 aromatic heterocycles. The van der Waals surface area contributed by atoms with E-state index in [1.807, 2.05) is 13.0 Å². The quantitative estimate of drug-likeness (QED) is 0.892. The van der Waals surface area contributed by atoms with Crippen LogP contribution < -0.4 is 10.6 Å². The minimum atomic E-state index is -0.273. The van der Waals surface area contributed by atoms with Crippen molar-refractivity contribution in [3.05, 3.63) is 52.9 Å². The van der Waals surface area contributed by atoms with Crippen LogP contribution in [0.1, 0.15) is 22.3 Å². The third kappa shape index (κ3) is 4.36. The minimum Gasteiger partial charge on any atom is -0.472 e. The average Bonchev–Trinajstić information content (AvgIpc) is 2.96. The number of anilines is 1. The molecule has 0 fully saturated rings. The number of benzene rings is 1. The predicted molar refractivity (Wildman–Crippen MR) is 80.5 cm³/mol. The third-order valence-electron chi connectivity index (χ3n) is 2.82. The van der Waals surface area contributed by atoms with Crippen LogP contribution in [0.2, 0.25) is 5.02 Å². The molecule has 21 heavy (non-hydrogen) atoms. The minimum absolute atomic E-state index is 0.161. The lowest BCUT2D eigenvalue weighted by atomic mass is 10.2. The fourth-order valence-electron chi connectivity index (χ4n) is 1.72. The monoisotopic (exact) mass is 306 g/mol. The highest BCUT2D eigenvalue weighted by Crippen LogP contribution is 2.22. The molecule has 0 aliphatic carbocycles. The van der Waals surface area contributed by atoms with Gasteiger partial charge in [0.15, 0.2) is 0 Å². The van der Waals surface area contributed by atoms with E-state index in [0.29, 0.717) is 16.3 Å². The first-order valence-corrected chi connectivity index (χ1v) is 6.80. The van der Waals surface area contributed by atoms with Crippen LogP contribution in [0.15, 0.2) is 41.2 Å². The first-order valence-electron chi connectivity index (χ1n) is 6.42. The van der Waals surface area contributed by atoms with Crippen LogP contribution in [-0.2, 0) is 4.79 Å². The van der Waals surface area contributed by atoms with Gasteiger partial charge in [-0.15, -0.1) is 0 Å². The molecule has 0 atom stereocenters. The van der Waals surface area contributed by atoms with Crippen molar-refractivity contribution in [3.63, 3.8) is 0 Å². The van der Waals surface area contributed by atoms with E-state index in [1.54, 1.807) is 18.2 Å². The summed E-state index contributed by atoms with van der Waals surface area (Å²) in [5, 5.41) is 5.83. The van der Waals surface area contributed by atoms with Crippen molar-refractivity contribution in [2.24, 2.45) is 0 Å². The molecule has 0 saturated heterocycles. The molecule has 2 N–H and O–H groups in total. The highest BCUT2D eigenvalue weighted by Gasteiger charge is 2.09. The molecule has 5 nitrogen and oxygen atoms in total. The van der Waals surface area contributed by atoms with Gasteiger partial charge in [0.2, 0.25) is 5.91 Å². The van der Waals surface area contributed by atoms with Gasteiger partial charge in [0, 0.05) is 13.0 Å². The van der Waals surface area contributed by atoms with Crippen molar-refractivity contribution in [1.82, 2.24) is 5.32 Å².